The highest BCUT2D eigenvalue weighted by Crippen LogP contribution is 2.38. The Bertz CT molecular complexity index is 2710. The fourth-order valence-corrected chi connectivity index (χ4v) is 7.29. The minimum absolute atomic E-state index is 0.789. The Balaban J connectivity index is 1.30. The smallest absolute Gasteiger partial charge is 0.163 e. The van der Waals surface area contributed by atoms with Gasteiger partial charge in [-0.05, 0) is 54.6 Å². The van der Waals surface area contributed by atoms with Crippen LogP contribution in [0.1, 0.15) is 0 Å². The van der Waals surface area contributed by atoms with Gasteiger partial charge in [0.2, 0.25) is 0 Å². The number of nitrogens with zero attached hydrogens (tertiary/aromatic N) is 5. The van der Waals surface area contributed by atoms with Gasteiger partial charge in [0, 0.05) is 45.0 Å². The van der Waals surface area contributed by atoms with Gasteiger partial charge in [-0.2, -0.15) is 0 Å². The molecule has 6 aromatic carbocycles. The lowest BCUT2D eigenvalue weighted by Crippen LogP contribution is -2.06. The Labute approximate surface area is 270 Å². The third-order valence-corrected chi connectivity index (χ3v) is 9.35. The normalized spacial score (nSPS) is 11.8. The first-order valence-corrected chi connectivity index (χ1v) is 15.8. The molecule has 10 aromatic rings. The molecule has 0 radical (unpaired) electrons. The molecule has 4 aromatic heterocycles. The molecule has 0 aliphatic carbocycles. The Morgan fingerprint density at radius 1 is 0.447 bits per heavy atom. The van der Waals surface area contributed by atoms with Crippen molar-refractivity contribution < 1.29 is 0 Å². The second kappa shape index (κ2) is 10.0. The molecule has 10 rings (SSSR count). The van der Waals surface area contributed by atoms with Crippen LogP contribution in [0.3, 0.4) is 0 Å². The van der Waals surface area contributed by atoms with Gasteiger partial charge in [-0.1, -0.05) is 97.1 Å². The molecule has 0 N–H and O–H groups in total. The molecule has 0 saturated carbocycles. The maximum Gasteiger partial charge on any atom is 0.163 e. The molecule has 0 bridgehead atoms. The molecule has 0 amide bonds. The highest BCUT2D eigenvalue weighted by molar-refractivity contribution is 6.10. The molecule has 47 heavy (non-hydrogen) atoms. The van der Waals surface area contributed by atoms with E-state index in [-0.39, 0.29) is 0 Å². The van der Waals surface area contributed by atoms with Crippen molar-refractivity contribution in [2.24, 2.45) is 0 Å². The van der Waals surface area contributed by atoms with Gasteiger partial charge in [0.1, 0.15) is 5.69 Å². The Kier molecular flexibility index (Phi) is 5.51. The zero-order chi connectivity index (χ0) is 30.9. The van der Waals surface area contributed by atoms with Crippen LogP contribution < -0.4 is 0 Å². The van der Waals surface area contributed by atoms with Crippen molar-refractivity contribution in [2.75, 3.05) is 0 Å². The second-order valence-electron chi connectivity index (χ2n) is 11.9. The molecule has 0 spiro atoms. The minimum Gasteiger partial charge on any atom is -0.309 e. The number of hydrogen-bond acceptors (Lipinski definition) is 2. The Morgan fingerprint density at radius 2 is 1.00 bits per heavy atom. The van der Waals surface area contributed by atoms with Crippen LogP contribution in [0.15, 0.2) is 164 Å². The van der Waals surface area contributed by atoms with Gasteiger partial charge in [0.05, 0.1) is 39.0 Å². The first-order valence-electron chi connectivity index (χ1n) is 15.8. The van der Waals surface area contributed by atoms with Crippen molar-refractivity contribution in [2.45, 2.75) is 0 Å². The van der Waals surface area contributed by atoms with Gasteiger partial charge in [-0.25, -0.2) is 9.97 Å². The number of fused-ring (bicyclic) bond motifs is 7. The molecule has 0 atom stereocenters. The van der Waals surface area contributed by atoms with Crippen LogP contribution in [-0.2, 0) is 0 Å². The minimum atomic E-state index is 0.789. The highest BCUT2D eigenvalue weighted by atomic mass is 15.1. The van der Waals surface area contributed by atoms with E-state index in [0.29, 0.717) is 0 Å². The molecule has 0 unspecified atom stereocenters. The summed E-state index contributed by atoms with van der Waals surface area (Å²) in [5.74, 6) is 0.789. The average molecular weight is 602 g/mol. The third-order valence-electron chi connectivity index (χ3n) is 9.35. The van der Waals surface area contributed by atoms with E-state index >= 15 is 0 Å². The van der Waals surface area contributed by atoms with E-state index in [1.807, 2.05) is 18.3 Å². The van der Waals surface area contributed by atoms with Crippen LogP contribution >= 0.6 is 0 Å². The number of imidazole rings is 1. The van der Waals surface area contributed by atoms with Crippen molar-refractivity contribution in [3.05, 3.63) is 164 Å². The van der Waals surface area contributed by atoms with Gasteiger partial charge in [-0.15, -0.1) is 0 Å². The number of para-hydroxylation sites is 5. The summed E-state index contributed by atoms with van der Waals surface area (Å²) in [4.78, 5) is 9.95. The van der Waals surface area contributed by atoms with Crippen LogP contribution in [0.4, 0.5) is 0 Å². The predicted octanol–water partition coefficient (Wildman–Crippen LogP) is 10.3. The van der Waals surface area contributed by atoms with Crippen molar-refractivity contribution in [1.82, 2.24) is 23.7 Å². The van der Waals surface area contributed by atoms with E-state index in [9.17, 15) is 0 Å². The molecular formula is C42H27N5. The summed E-state index contributed by atoms with van der Waals surface area (Å²) in [5.41, 5.74) is 9.58. The van der Waals surface area contributed by atoms with Crippen molar-refractivity contribution in [3.63, 3.8) is 0 Å². The summed E-state index contributed by atoms with van der Waals surface area (Å²) >= 11 is 0. The quantitative estimate of drug-likeness (QED) is 0.201. The van der Waals surface area contributed by atoms with Gasteiger partial charge < -0.3 is 9.13 Å². The second-order valence-corrected chi connectivity index (χ2v) is 11.9. The van der Waals surface area contributed by atoms with Crippen molar-refractivity contribution in [3.8, 4) is 28.6 Å². The van der Waals surface area contributed by atoms with E-state index in [0.717, 1.165) is 50.5 Å². The number of aromatic nitrogens is 5. The lowest BCUT2D eigenvalue weighted by Gasteiger charge is -2.19. The molecule has 0 aliphatic rings. The number of rotatable bonds is 4. The monoisotopic (exact) mass is 601 g/mol. The van der Waals surface area contributed by atoms with E-state index in [2.05, 4.69) is 159 Å². The maximum atomic E-state index is 5.05. The number of hydrogen-bond donors (Lipinski definition) is 0. The van der Waals surface area contributed by atoms with Crippen LogP contribution in [-0.4, -0.2) is 23.7 Å². The summed E-state index contributed by atoms with van der Waals surface area (Å²) in [6.07, 6.45) is 3.92. The lowest BCUT2D eigenvalue weighted by molar-refractivity contribution is 1.01. The number of pyridine rings is 1. The summed E-state index contributed by atoms with van der Waals surface area (Å²) in [6.45, 7) is 0. The van der Waals surface area contributed by atoms with Gasteiger partial charge in [0.15, 0.2) is 5.82 Å². The molecule has 4 heterocycles. The van der Waals surface area contributed by atoms with Crippen LogP contribution in [0.5, 0.6) is 0 Å². The van der Waals surface area contributed by atoms with E-state index in [1.165, 1.54) is 32.6 Å². The van der Waals surface area contributed by atoms with Crippen LogP contribution in [0.2, 0.25) is 0 Å². The first-order chi connectivity index (χ1) is 23.3. The molecule has 5 nitrogen and oxygen atoms in total. The summed E-state index contributed by atoms with van der Waals surface area (Å²) < 4.78 is 6.94. The molecular weight excluding hydrogens is 574 g/mol. The highest BCUT2D eigenvalue weighted by Gasteiger charge is 2.20. The summed E-state index contributed by atoms with van der Waals surface area (Å²) in [6, 6.07) is 53.8. The van der Waals surface area contributed by atoms with Crippen LogP contribution in [0.25, 0.3) is 83.1 Å². The number of benzene rings is 6. The lowest BCUT2D eigenvalue weighted by atomic mass is 10.2. The molecule has 5 heteroatoms. The van der Waals surface area contributed by atoms with E-state index < -0.39 is 0 Å². The molecule has 0 saturated heterocycles. The van der Waals surface area contributed by atoms with Crippen molar-refractivity contribution >= 4 is 54.5 Å². The molecule has 0 fully saturated rings. The van der Waals surface area contributed by atoms with Gasteiger partial charge in [-0.3, -0.25) is 4.57 Å². The van der Waals surface area contributed by atoms with E-state index in [4.69, 9.17) is 9.97 Å². The summed E-state index contributed by atoms with van der Waals surface area (Å²) in [7, 11) is 0. The topological polar surface area (TPSA) is 40.6 Å². The zero-order valence-electron chi connectivity index (χ0n) is 25.3. The van der Waals surface area contributed by atoms with Crippen molar-refractivity contribution in [1.29, 1.82) is 0 Å². The maximum absolute atomic E-state index is 5.05. The average Bonchev–Trinajstić information content (AvgIpc) is 3.84. The predicted molar refractivity (Wildman–Crippen MR) is 193 cm³/mol. The Hall–Kier alpha value is -6.46. The third kappa shape index (κ3) is 3.83. The zero-order valence-corrected chi connectivity index (χ0v) is 25.3. The van der Waals surface area contributed by atoms with Crippen LogP contribution in [0, 0.1) is 0 Å². The fourth-order valence-electron chi connectivity index (χ4n) is 7.29. The molecule has 220 valence electrons. The van der Waals surface area contributed by atoms with Gasteiger partial charge >= 0.3 is 0 Å². The van der Waals surface area contributed by atoms with E-state index in [1.54, 1.807) is 0 Å². The largest absolute Gasteiger partial charge is 0.309 e. The van der Waals surface area contributed by atoms with Gasteiger partial charge in [0.25, 0.3) is 0 Å². The fraction of sp³-hybridized carbons (Fsp3) is 0. The SMILES string of the molecule is c1ccc2nc(-c3nccn3-c3cc(-n4c5ccccc5c5ccccc54)ccc3-n3c4ccccc4c4ccccc43)ccc2c1. The molecule has 0 aliphatic heterocycles. The standard InChI is InChI=1S/C42H27N5/c1-6-16-34-28(11-1)21-23-35(44-34)42-43-25-26-45(42)41-27-29(46-36-17-7-2-12-30(36)31-13-3-8-18-37(31)46)22-24-40(41)47-38-19-9-4-14-32(38)33-15-5-10-20-39(33)47/h1-27H. The Morgan fingerprint density at radius 3 is 1.64 bits per heavy atom. The summed E-state index contributed by atoms with van der Waals surface area (Å²) in [5, 5.41) is 6.03. The first kappa shape index (κ1) is 25.8.